The zero-order valence-corrected chi connectivity index (χ0v) is 21.4. The maximum atomic E-state index is 13.2. The molecule has 2 aliphatic rings. The number of thioether (sulfide) groups is 2. The van der Waals surface area contributed by atoms with Gasteiger partial charge < -0.3 is 0 Å². The molecule has 0 saturated carbocycles. The van der Waals surface area contributed by atoms with Crippen LogP contribution in [0.1, 0.15) is 41.4 Å². The van der Waals surface area contributed by atoms with Gasteiger partial charge in [-0.05, 0) is 47.5 Å². The van der Waals surface area contributed by atoms with E-state index in [-0.39, 0.29) is 23.6 Å². The van der Waals surface area contributed by atoms with Gasteiger partial charge in [-0.15, -0.1) is 23.5 Å². The minimum absolute atomic E-state index is 0.313. The summed E-state index contributed by atoms with van der Waals surface area (Å²) in [6.07, 6.45) is 3.93. The van der Waals surface area contributed by atoms with Gasteiger partial charge in [0.2, 0.25) is 0 Å². The van der Waals surface area contributed by atoms with Gasteiger partial charge in [-0.3, -0.25) is 29.0 Å². The Hall–Kier alpha value is -3.62. The van der Waals surface area contributed by atoms with Crippen molar-refractivity contribution in [1.82, 2.24) is 9.80 Å². The van der Waals surface area contributed by atoms with E-state index in [9.17, 15) is 19.2 Å². The minimum Gasteiger partial charge on any atom is -0.277 e. The number of rotatable bonds is 2. The van der Waals surface area contributed by atoms with Gasteiger partial charge in [-0.1, -0.05) is 12.1 Å². The topological polar surface area (TPSA) is 74.8 Å². The molecular formula is C28H18N2O4S2. The van der Waals surface area contributed by atoms with Crippen LogP contribution in [0.4, 0.5) is 0 Å². The van der Waals surface area contributed by atoms with Crippen molar-refractivity contribution in [3.8, 4) is 0 Å². The van der Waals surface area contributed by atoms with Crippen LogP contribution < -0.4 is 0 Å². The fourth-order valence-electron chi connectivity index (χ4n) is 5.96. The summed E-state index contributed by atoms with van der Waals surface area (Å²) >= 11 is 3.07. The lowest BCUT2D eigenvalue weighted by Gasteiger charge is -2.29. The molecule has 7 rings (SSSR count). The highest BCUT2D eigenvalue weighted by Gasteiger charge is 2.36. The van der Waals surface area contributed by atoms with Gasteiger partial charge in [0.05, 0.1) is 0 Å². The third-order valence-electron chi connectivity index (χ3n) is 7.61. The standard InChI is InChI=1S/C28H18N2O4S2/c1-29-25(31)13-7-5-11-22-18(36-4)10-16-20-14(26(32)30(2)28(16)34)8-6-12(24(20)22)21-17(35-3)9-15(27(29)33)19(13)23(11)21/h5-10H,1-4H3. The molecule has 0 bridgehead atoms. The second kappa shape index (κ2) is 6.99. The summed E-state index contributed by atoms with van der Waals surface area (Å²) < 4.78 is 0. The molecule has 2 heterocycles. The average Bonchev–Trinajstić information content (AvgIpc) is 2.90. The molecule has 6 nitrogen and oxygen atoms in total. The number of amides is 4. The summed E-state index contributed by atoms with van der Waals surface area (Å²) in [6, 6.07) is 11.2. The molecule has 2 aliphatic heterocycles. The predicted molar refractivity (Wildman–Crippen MR) is 144 cm³/mol. The lowest BCUT2D eigenvalue weighted by atomic mass is 9.82. The molecule has 5 aromatic carbocycles. The van der Waals surface area contributed by atoms with Crippen LogP contribution >= 0.6 is 23.5 Å². The molecule has 0 spiro atoms. The van der Waals surface area contributed by atoms with Gasteiger partial charge in [0.15, 0.2) is 0 Å². The summed E-state index contributed by atoms with van der Waals surface area (Å²) in [5, 5.41) is 6.78. The van der Waals surface area contributed by atoms with E-state index in [4.69, 9.17) is 0 Å². The lowest BCUT2D eigenvalue weighted by Crippen LogP contribution is -2.37. The van der Waals surface area contributed by atoms with Crippen molar-refractivity contribution in [1.29, 1.82) is 0 Å². The Balaban J connectivity index is 1.84. The summed E-state index contributed by atoms with van der Waals surface area (Å²) in [5.74, 6) is -1.26. The molecule has 0 aromatic heterocycles. The first-order valence-electron chi connectivity index (χ1n) is 11.3. The minimum atomic E-state index is -0.317. The Morgan fingerprint density at radius 2 is 0.861 bits per heavy atom. The maximum Gasteiger partial charge on any atom is 0.261 e. The number of hydrogen-bond acceptors (Lipinski definition) is 6. The molecule has 0 aliphatic carbocycles. The Kier molecular flexibility index (Phi) is 4.20. The van der Waals surface area contributed by atoms with Crippen molar-refractivity contribution >= 4 is 90.2 Å². The van der Waals surface area contributed by atoms with E-state index in [0.717, 1.165) is 42.1 Å². The molecule has 0 saturated heterocycles. The highest BCUT2D eigenvalue weighted by molar-refractivity contribution is 7.99. The third-order valence-corrected chi connectivity index (χ3v) is 9.14. The zero-order valence-electron chi connectivity index (χ0n) is 19.8. The van der Waals surface area contributed by atoms with E-state index in [2.05, 4.69) is 0 Å². The van der Waals surface area contributed by atoms with Crippen LogP contribution in [0.15, 0.2) is 46.2 Å². The average molecular weight is 511 g/mol. The first kappa shape index (κ1) is 21.6. The van der Waals surface area contributed by atoms with Crippen LogP contribution in [0.3, 0.4) is 0 Å². The van der Waals surface area contributed by atoms with Crippen LogP contribution in [0, 0.1) is 0 Å². The lowest BCUT2D eigenvalue weighted by molar-refractivity contribution is 0.0635. The first-order chi connectivity index (χ1) is 17.3. The molecule has 36 heavy (non-hydrogen) atoms. The van der Waals surface area contributed by atoms with Gasteiger partial charge in [-0.2, -0.15) is 0 Å². The Labute approximate surface area is 213 Å². The van der Waals surface area contributed by atoms with Crippen LogP contribution in [0.5, 0.6) is 0 Å². The normalized spacial score (nSPS) is 15.6. The van der Waals surface area contributed by atoms with E-state index in [1.807, 2.05) is 36.8 Å². The first-order valence-corrected chi connectivity index (χ1v) is 13.8. The number of carbonyl (C=O) groups excluding carboxylic acids is 4. The largest absolute Gasteiger partial charge is 0.277 e. The van der Waals surface area contributed by atoms with Gasteiger partial charge in [0.1, 0.15) is 0 Å². The molecule has 0 radical (unpaired) electrons. The Bertz CT molecular complexity index is 1790. The van der Waals surface area contributed by atoms with Crippen LogP contribution in [0.25, 0.3) is 43.1 Å². The van der Waals surface area contributed by atoms with Crippen molar-refractivity contribution in [2.45, 2.75) is 9.79 Å². The number of nitrogens with zero attached hydrogens (tertiary/aromatic N) is 2. The molecule has 0 fully saturated rings. The summed E-state index contributed by atoms with van der Waals surface area (Å²) in [7, 11) is 3.03. The fraction of sp³-hybridized carbons (Fsp3) is 0.143. The van der Waals surface area contributed by atoms with E-state index in [1.54, 1.807) is 12.1 Å². The van der Waals surface area contributed by atoms with E-state index >= 15 is 0 Å². The van der Waals surface area contributed by atoms with Gasteiger partial charge in [-0.25, -0.2) is 0 Å². The van der Waals surface area contributed by atoms with Crippen molar-refractivity contribution in [2.75, 3.05) is 26.6 Å². The SMILES string of the molecule is CSc1cc2c3c(ccc4c5c(SC)cc6c7c(ccc(c1c34)c75)C(=O)N(C)C6=O)C(=O)N(C)C2=O. The van der Waals surface area contributed by atoms with Crippen molar-refractivity contribution in [3.05, 3.63) is 58.7 Å². The molecule has 176 valence electrons. The summed E-state index contributed by atoms with van der Waals surface area (Å²) in [5.41, 5.74) is 2.05. The van der Waals surface area contributed by atoms with E-state index in [0.29, 0.717) is 33.0 Å². The highest BCUT2D eigenvalue weighted by Crippen LogP contribution is 2.50. The van der Waals surface area contributed by atoms with Crippen LogP contribution in [-0.4, -0.2) is 60.0 Å². The fourth-order valence-corrected chi connectivity index (χ4v) is 7.26. The molecule has 0 unspecified atom stereocenters. The maximum absolute atomic E-state index is 13.2. The van der Waals surface area contributed by atoms with Crippen molar-refractivity contribution < 1.29 is 19.2 Å². The Morgan fingerprint density at radius 1 is 0.500 bits per heavy atom. The molecule has 4 amide bonds. The molecular weight excluding hydrogens is 492 g/mol. The smallest absolute Gasteiger partial charge is 0.261 e. The van der Waals surface area contributed by atoms with Crippen molar-refractivity contribution in [3.63, 3.8) is 0 Å². The third kappa shape index (κ3) is 2.32. The van der Waals surface area contributed by atoms with Gasteiger partial charge in [0, 0.05) is 78.5 Å². The van der Waals surface area contributed by atoms with Gasteiger partial charge >= 0.3 is 0 Å². The molecule has 5 aromatic rings. The van der Waals surface area contributed by atoms with E-state index in [1.165, 1.54) is 47.4 Å². The highest BCUT2D eigenvalue weighted by atomic mass is 32.2. The quantitative estimate of drug-likeness (QED) is 0.133. The second-order valence-electron chi connectivity index (χ2n) is 9.16. The summed E-state index contributed by atoms with van der Waals surface area (Å²) in [6.45, 7) is 0. The summed E-state index contributed by atoms with van der Waals surface area (Å²) in [4.78, 5) is 56.8. The van der Waals surface area contributed by atoms with Crippen LogP contribution in [-0.2, 0) is 0 Å². The number of carbonyl (C=O) groups is 4. The number of hydrogen-bond donors (Lipinski definition) is 0. The number of imide groups is 2. The Morgan fingerprint density at radius 3 is 1.22 bits per heavy atom. The number of fused-ring (bicyclic) bond motifs is 2. The van der Waals surface area contributed by atoms with Gasteiger partial charge in [0.25, 0.3) is 23.6 Å². The van der Waals surface area contributed by atoms with Crippen molar-refractivity contribution in [2.24, 2.45) is 0 Å². The zero-order chi connectivity index (χ0) is 25.2. The van der Waals surface area contributed by atoms with E-state index < -0.39 is 0 Å². The molecule has 0 atom stereocenters. The molecule has 0 N–H and O–H groups in total. The molecule has 8 heteroatoms. The predicted octanol–water partition coefficient (Wildman–Crippen LogP) is 5.63. The number of benzene rings is 5. The monoisotopic (exact) mass is 510 g/mol. The van der Waals surface area contributed by atoms with Crippen LogP contribution in [0.2, 0.25) is 0 Å². The second-order valence-corrected chi connectivity index (χ2v) is 10.9.